The molecule has 1 aliphatic rings. The van der Waals surface area contributed by atoms with Gasteiger partial charge in [0.1, 0.15) is 0 Å². The molecule has 8 heteroatoms. The fourth-order valence-electron chi connectivity index (χ4n) is 2.85. The van der Waals surface area contributed by atoms with Gasteiger partial charge >= 0.3 is 6.61 Å². The molecule has 0 N–H and O–H groups in total. The zero-order chi connectivity index (χ0) is 16.7. The van der Waals surface area contributed by atoms with Crippen LogP contribution in [0.1, 0.15) is 38.2 Å². The first-order chi connectivity index (χ1) is 9.99. The summed E-state index contributed by atoms with van der Waals surface area (Å²) in [7, 11) is 1.45. The van der Waals surface area contributed by atoms with Crippen LogP contribution in [0.3, 0.4) is 0 Å². The lowest BCUT2D eigenvalue weighted by molar-refractivity contribution is -0.171. The largest absolute Gasteiger partial charge is 0.417 e. The van der Waals surface area contributed by atoms with Gasteiger partial charge in [0, 0.05) is 26.2 Å². The highest BCUT2D eigenvalue weighted by Gasteiger charge is 2.40. The summed E-state index contributed by atoms with van der Waals surface area (Å²) in [5.41, 5.74) is -0.908. The van der Waals surface area contributed by atoms with Crippen molar-refractivity contribution in [3.8, 4) is 5.88 Å². The molecule has 2 rings (SSSR count). The molecular formula is C14H21F2N3O3. The Kier molecular flexibility index (Phi) is 4.16. The molecule has 0 saturated carbocycles. The van der Waals surface area contributed by atoms with Crippen molar-refractivity contribution in [2.45, 2.75) is 45.5 Å². The molecule has 2 heterocycles. The van der Waals surface area contributed by atoms with Gasteiger partial charge in [0.15, 0.2) is 5.69 Å². The summed E-state index contributed by atoms with van der Waals surface area (Å²) in [5.74, 6) is -0.478. The summed E-state index contributed by atoms with van der Waals surface area (Å²) in [4.78, 5) is 14.2. The number of nitrogens with zero attached hydrogens (tertiary/aromatic N) is 3. The third kappa shape index (κ3) is 3.73. The van der Waals surface area contributed by atoms with E-state index in [-0.39, 0.29) is 17.5 Å². The third-order valence-electron chi connectivity index (χ3n) is 3.25. The number of morpholine rings is 1. The van der Waals surface area contributed by atoms with Crippen LogP contribution in [0.2, 0.25) is 0 Å². The number of hydrogen-bond donors (Lipinski definition) is 0. The van der Waals surface area contributed by atoms with Gasteiger partial charge in [0.2, 0.25) is 5.88 Å². The first-order valence-electron chi connectivity index (χ1n) is 6.97. The number of halogens is 2. The lowest BCUT2D eigenvalue weighted by Gasteiger charge is -2.46. The molecule has 0 aliphatic carbocycles. The minimum atomic E-state index is -2.96. The number of rotatable bonds is 3. The Balaban J connectivity index is 2.21. The molecule has 1 aromatic rings. The molecule has 0 bridgehead atoms. The highest BCUT2D eigenvalue weighted by molar-refractivity contribution is 5.92. The lowest BCUT2D eigenvalue weighted by atomic mass is 9.98. The van der Waals surface area contributed by atoms with Crippen molar-refractivity contribution in [1.82, 2.24) is 14.7 Å². The smallest absolute Gasteiger partial charge is 0.388 e. The molecule has 1 aliphatic heterocycles. The fraction of sp³-hybridized carbons (Fsp3) is 0.714. The molecular weight excluding hydrogens is 296 g/mol. The van der Waals surface area contributed by atoms with Gasteiger partial charge in [-0.3, -0.25) is 4.79 Å². The molecule has 0 aromatic carbocycles. The Labute approximate surface area is 128 Å². The molecule has 1 saturated heterocycles. The van der Waals surface area contributed by atoms with Crippen LogP contribution in [-0.2, 0) is 11.8 Å². The molecule has 22 heavy (non-hydrogen) atoms. The van der Waals surface area contributed by atoms with Crippen LogP contribution in [0.15, 0.2) is 6.07 Å². The monoisotopic (exact) mass is 317 g/mol. The molecule has 0 atom stereocenters. The van der Waals surface area contributed by atoms with E-state index >= 15 is 0 Å². The molecule has 124 valence electrons. The summed E-state index contributed by atoms with van der Waals surface area (Å²) in [6.45, 7) is 5.44. The predicted octanol–water partition coefficient (Wildman–Crippen LogP) is 2.05. The standard InChI is InChI=1S/C14H21F2N3O3/c1-13(2)7-19(8-14(3,4)22-13)11(20)9-6-10(18(5)17-9)21-12(15)16/h6,12H,7-8H2,1-5H3. The summed E-state index contributed by atoms with van der Waals surface area (Å²) in [6.07, 6.45) is 0. The van der Waals surface area contributed by atoms with Crippen LogP contribution >= 0.6 is 0 Å². The van der Waals surface area contributed by atoms with Crippen molar-refractivity contribution in [2.24, 2.45) is 7.05 Å². The van der Waals surface area contributed by atoms with E-state index in [0.29, 0.717) is 13.1 Å². The Morgan fingerprint density at radius 1 is 1.32 bits per heavy atom. The summed E-state index contributed by atoms with van der Waals surface area (Å²) in [5, 5.41) is 3.96. The number of hydrogen-bond acceptors (Lipinski definition) is 4. The van der Waals surface area contributed by atoms with Crippen LogP contribution in [0, 0.1) is 0 Å². The van der Waals surface area contributed by atoms with Gasteiger partial charge in [-0.2, -0.15) is 13.9 Å². The maximum absolute atomic E-state index is 12.6. The van der Waals surface area contributed by atoms with E-state index in [1.54, 1.807) is 4.90 Å². The highest BCUT2D eigenvalue weighted by atomic mass is 19.3. The minimum Gasteiger partial charge on any atom is -0.417 e. The van der Waals surface area contributed by atoms with Crippen molar-refractivity contribution in [3.05, 3.63) is 11.8 Å². The lowest BCUT2D eigenvalue weighted by Crippen LogP contribution is -2.58. The van der Waals surface area contributed by atoms with Gasteiger partial charge in [-0.15, -0.1) is 0 Å². The number of ether oxygens (including phenoxy) is 2. The molecule has 6 nitrogen and oxygen atoms in total. The Bertz CT molecular complexity index is 554. The molecule has 1 amide bonds. The number of amides is 1. The van der Waals surface area contributed by atoms with Crippen molar-refractivity contribution in [3.63, 3.8) is 0 Å². The number of carbonyl (C=O) groups excluding carboxylic acids is 1. The van der Waals surface area contributed by atoms with E-state index in [4.69, 9.17) is 4.74 Å². The van der Waals surface area contributed by atoms with E-state index in [1.807, 2.05) is 27.7 Å². The van der Waals surface area contributed by atoms with Gasteiger partial charge in [-0.25, -0.2) is 4.68 Å². The summed E-state index contributed by atoms with van der Waals surface area (Å²) >= 11 is 0. The van der Waals surface area contributed by atoms with Crippen LogP contribution < -0.4 is 4.74 Å². The second kappa shape index (κ2) is 5.49. The zero-order valence-electron chi connectivity index (χ0n) is 13.4. The Morgan fingerprint density at radius 3 is 2.36 bits per heavy atom. The Morgan fingerprint density at radius 2 is 1.86 bits per heavy atom. The summed E-state index contributed by atoms with van der Waals surface area (Å²) < 4.78 is 35.9. The Hall–Kier alpha value is -1.70. The van der Waals surface area contributed by atoms with Crippen molar-refractivity contribution < 1.29 is 23.0 Å². The predicted molar refractivity (Wildman–Crippen MR) is 75.0 cm³/mol. The number of alkyl halides is 2. The average Bonchev–Trinajstić information content (AvgIpc) is 2.65. The van der Waals surface area contributed by atoms with Crippen LogP contribution in [0.5, 0.6) is 5.88 Å². The van der Waals surface area contributed by atoms with E-state index < -0.39 is 17.8 Å². The first kappa shape index (κ1) is 16.7. The normalized spacial score (nSPS) is 20.3. The summed E-state index contributed by atoms with van der Waals surface area (Å²) in [6, 6.07) is 1.23. The second-order valence-electron chi connectivity index (χ2n) is 6.65. The maximum atomic E-state index is 12.6. The zero-order valence-corrected chi connectivity index (χ0v) is 13.4. The van der Waals surface area contributed by atoms with Crippen LogP contribution in [0.4, 0.5) is 8.78 Å². The van der Waals surface area contributed by atoms with E-state index in [9.17, 15) is 13.6 Å². The number of aromatic nitrogens is 2. The molecule has 0 spiro atoms. The quantitative estimate of drug-likeness (QED) is 0.856. The van der Waals surface area contributed by atoms with Crippen molar-refractivity contribution in [2.75, 3.05) is 13.1 Å². The van der Waals surface area contributed by atoms with Gasteiger partial charge in [-0.1, -0.05) is 0 Å². The fourth-order valence-corrected chi connectivity index (χ4v) is 2.85. The second-order valence-corrected chi connectivity index (χ2v) is 6.65. The van der Waals surface area contributed by atoms with Gasteiger partial charge in [0.05, 0.1) is 11.2 Å². The molecule has 0 unspecified atom stereocenters. The molecule has 1 fully saturated rings. The minimum absolute atomic E-state index is 0.0756. The van der Waals surface area contributed by atoms with Crippen molar-refractivity contribution >= 4 is 5.91 Å². The third-order valence-corrected chi connectivity index (χ3v) is 3.25. The average molecular weight is 317 g/mol. The first-order valence-corrected chi connectivity index (χ1v) is 6.97. The number of carbonyl (C=O) groups is 1. The van der Waals surface area contributed by atoms with Gasteiger partial charge in [0.25, 0.3) is 5.91 Å². The van der Waals surface area contributed by atoms with Gasteiger partial charge in [-0.05, 0) is 27.7 Å². The molecule has 0 radical (unpaired) electrons. The van der Waals surface area contributed by atoms with E-state index in [0.717, 1.165) is 4.68 Å². The number of aryl methyl sites for hydroxylation is 1. The maximum Gasteiger partial charge on any atom is 0.388 e. The van der Waals surface area contributed by atoms with Crippen LogP contribution in [0.25, 0.3) is 0 Å². The van der Waals surface area contributed by atoms with E-state index in [1.165, 1.54) is 13.1 Å². The topological polar surface area (TPSA) is 56.6 Å². The highest BCUT2D eigenvalue weighted by Crippen LogP contribution is 2.29. The van der Waals surface area contributed by atoms with Gasteiger partial charge < -0.3 is 14.4 Å². The SMILES string of the molecule is Cn1nc(C(=O)N2CC(C)(C)OC(C)(C)C2)cc1OC(F)F. The van der Waals surface area contributed by atoms with Crippen LogP contribution in [-0.4, -0.2) is 51.5 Å². The molecule has 1 aromatic heterocycles. The van der Waals surface area contributed by atoms with E-state index in [2.05, 4.69) is 9.84 Å². The van der Waals surface area contributed by atoms with Crippen molar-refractivity contribution in [1.29, 1.82) is 0 Å².